The Kier molecular flexibility index (Phi) is 7.11. The number of rotatable bonds is 7. The van der Waals surface area contributed by atoms with E-state index >= 15 is 0 Å². The van der Waals surface area contributed by atoms with Crippen molar-refractivity contribution in [3.63, 3.8) is 0 Å². The van der Waals surface area contributed by atoms with Gasteiger partial charge in [-0.05, 0) is 50.3 Å². The van der Waals surface area contributed by atoms with E-state index in [0.717, 1.165) is 42.9 Å². The van der Waals surface area contributed by atoms with Crippen LogP contribution in [0.5, 0.6) is 0 Å². The Morgan fingerprint density at radius 1 is 1.11 bits per heavy atom. The zero-order chi connectivity index (χ0) is 21.1. The maximum absolute atomic E-state index is 12.7. The van der Waals surface area contributed by atoms with Crippen molar-refractivity contribution in [3.05, 3.63) is 23.3 Å². The van der Waals surface area contributed by atoms with Gasteiger partial charge in [-0.25, -0.2) is 21.6 Å². The van der Waals surface area contributed by atoms with Crippen LogP contribution in [0.25, 0.3) is 0 Å². The van der Waals surface area contributed by atoms with Crippen LogP contribution in [0.3, 0.4) is 0 Å². The third-order valence-corrected chi connectivity index (χ3v) is 7.81. The molecular weight excluding hydrogens is 402 g/mol. The van der Waals surface area contributed by atoms with Gasteiger partial charge in [-0.1, -0.05) is 6.07 Å². The molecule has 1 aromatic carbocycles. The number of likely N-dealkylation sites (tertiary alicyclic amines) is 1. The molecule has 0 atom stereocenters. The highest BCUT2D eigenvalue weighted by Gasteiger charge is 2.24. The first-order valence-electron chi connectivity index (χ1n) is 9.26. The maximum Gasteiger partial charge on any atom is 0.240 e. The first kappa shape index (κ1) is 22.6. The molecule has 8 nitrogen and oxygen atoms in total. The molecule has 0 aromatic heterocycles. The molecule has 1 aliphatic rings. The van der Waals surface area contributed by atoms with Crippen LogP contribution >= 0.6 is 0 Å². The number of anilines is 1. The molecule has 1 heterocycles. The van der Waals surface area contributed by atoms with Crippen molar-refractivity contribution in [2.24, 2.45) is 0 Å². The van der Waals surface area contributed by atoms with E-state index in [1.165, 1.54) is 13.1 Å². The number of sulfonamides is 2. The van der Waals surface area contributed by atoms with E-state index in [1.807, 2.05) is 0 Å². The van der Waals surface area contributed by atoms with E-state index in [0.29, 0.717) is 16.8 Å². The van der Waals surface area contributed by atoms with Crippen LogP contribution in [0, 0.1) is 13.8 Å². The molecule has 1 N–H and O–H groups in total. The number of piperidine rings is 1. The van der Waals surface area contributed by atoms with Crippen molar-refractivity contribution >= 4 is 31.6 Å². The Hall–Kier alpha value is -1.65. The maximum atomic E-state index is 12.7. The Balaban J connectivity index is 2.16. The van der Waals surface area contributed by atoms with E-state index in [2.05, 4.69) is 4.72 Å². The SMILES string of the molecule is Cc1ccc(S(=O)(=O)NCCC(=O)N2CCCCC2)c(C)c1N(C)S(C)(=O)=O. The first-order chi connectivity index (χ1) is 12.9. The van der Waals surface area contributed by atoms with Gasteiger partial charge in [-0.15, -0.1) is 0 Å². The van der Waals surface area contributed by atoms with Crippen LogP contribution in [0.2, 0.25) is 0 Å². The summed E-state index contributed by atoms with van der Waals surface area (Å²) in [6.07, 6.45) is 4.25. The summed E-state index contributed by atoms with van der Waals surface area (Å²) in [7, 11) is -6.02. The Morgan fingerprint density at radius 2 is 1.71 bits per heavy atom. The summed E-state index contributed by atoms with van der Waals surface area (Å²) in [5.41, 5.74) is 1.35. The summed E-state index contributed by atoms with van der Waals surface area (Å²) >= 11 is 0. The van der Waals surface area contributed by atoms with Gasteiger partial charge < -0.3 is 4.90 Å². The molecule has 10 heteroatoms. The van der Waals surface area contributed by atoms with Crippen molar-refractivity contribution in [1.29, 1.82) is 0 Å². The second-order valence-electron chi connectivity index (χ2n) is 7.17. The Morgan fingerprint density at radius 3 is 2.29 bits per heavy atom. The minimum absolute atomic E-state index is 0.00221. The van der Waals surface area contributed by atoms with Gasteiger partial charge >= 0.3 is 0 Å². The average molecular weight is 432 g/mol. The molecule has 28 heavy (non-hydrogen) atoms. The third-order valence-electron chi connectivity index (χ3n) is 5.02. The summed E-state index contributed by atoms with van der Waals surface area (Å²) in [5.74, 6) is -0.0551. The average Bonchev–Trinajstić information content (AvgIpc) is 2.61. The Labute approximate surface area is 168 Å². The number of nitrogens with zero attached hydrogens (tertiary/aromatic N) is 2. The topological polar surface area (TPSA) is 104 Å². The number of carbonyl (C=O) groups is 1. The molecule has 0 aliphatic carbocycles. The first-order valence-corrected chi connectivity index (χ1v) is 12.6. The number of aryl methyl sites for hydroxylation is 1. The smallest absolute Gasteiger partial charge is 0.240 e. The molecular formula is C18H29N3O5S2. The van der Waals surface area contributed by atoms with Crippen LogP contribution in [0.15, 0.2) is 17.0 Å². The molecule has 1 aromatic rings. The van der Waals surface area contributed by atoms with Gasteiger partial charge in [-0.2, -0.15) is 0 Å². The highest BCUT2D eigenvalue weighted by Crippen LogP contribution is 2.30. The fourth-order valence-corrected chi connectivity index (χ4v) is 5.32. The van der Waals surface area contributed by atoms with Gasteiger partial charge in [0.1, 0.15) is 0 Å². The van der Waals surface area contributed by atoms with Gasteiger partial charge in [0.2, 0.25) is 26.0 Å². The summed E-state index contributed by atoms with van der Waals surface area (Å²) in [6, 6.07) is 3.04. The second-order valence-corrected chi connectivity index (χ2v) is 10.9. The molecule has 1 aliphatic heterocycles. The normalized spacial score (nSPS) is 15.5. The lowest BCUT2D eigenvalue weighted by Crippen LogP contribution is -2.38. The van der Waals surface area contributed by atoms with Gasteiger partial charge in [0.25, 0.3) is 0 Å². The highest BCUT2D eigenvalue weighted by molar-refractivity contribution is 7.92. The predicted octanol–water partition coefficient (Wildman–Crippen LogP) is 1.38. The molecule has 1 amide bonds. The molecule has 2 rings (SSSR count). The van der Waals surface area contributed by atoms with Gasteiger partial charge in [0.05, 0.1) is 16.8 Å². The van der Waals surface area contributed by atoms with Crippen molar-refractivity contribution in [2.45, 2.75) is 44.4 Å². The van der Waals surface area contributed by atoms with E-state index in [4.69, 9.17) is 0 Å². The predicted molar refractivity (Wildman–Crippen MR) is 109 cm³/mol. The van der Waals surface area contributed by atoms with Gasteiger partial charge in [0, 0.05) is 33.1 Å². The molecule has 158 valence electrons. The van der Waals surface area contributed by atoms with Crippen molar-refractivity contribution in [3.8, 4) is 0 Å². The van der Waals surface area contributed by atoms with Crippen molar-refractivity contribution in [1.82, 2.24) is 9.62 Å². The zero-order valence-electron chi connectivity index (χ0n) is 16.9. The minimum Gasteiger partial charge on any atom is -0.343 e. The molecule has 0 saturated carbocycles. The summed E-state index contributed by atoms with van der Waals surface area (Å²) in [5, 5.41) is 0. The van der Waals surface area contributed by atoms with Crippen LogP contribution in [0.1, 0.15) is 36.8 Å². The second kappa shape index (κ2) is 8.79. The monoisotopic (exact) mass is 431 g/mol. The number of hydrogen-bond acceptors (Lipinski definition) is 5. The zero-order valence-corrected chi connectivity index (χ0v) is 18.5. The standard InChI is InChI=1S/C18H29N3O5S2/c1-14-8-9-16(15(2)18(14)20(3)27(4,23)24)28(25,26)19-11-10-17(22)21-12-6-5-7-13-21/h8-9,19H,5-7,10-13H2,1-4H3. The quantitative estimate of drug-likeness (QED) is 0.702. The minimum atomic E-state index is -3.88. The molecule has 1 fully saturated rings. The number of hydrogen-bond donors (Lipinski definition) is 1. The van der Waals surface area contributed by atoms with Crippen LogP contribution in [-0.4, -0.2) is 60.6 Å². The largest absolute Gasteiger partial charge is 0.343 e. The fourth-order valence-electron chi connectivity index (χ4n) is 3.43. The van der Waals surface area contributed by atoms with E-state index < -0.39 is 20.0 Å². The lowest BCUT2D eigenvalue weighted by molar-refractivity contribution is -0.131. The van der Waals surface area contributed by atoms with Crippen LogP contribution < -0.4 is 9.03 Å². The van der Waals surface area contributed by atoms with Crippen LogP contribution in [-0.2, 0) is 24.8 Å². The summed E-state index contributed by atoms with van der Waals surface area (Å²) < 4.78 is 52.9. The fraction of sp³-hybridized carbons (Fsp3) is 0.611. The van der Waals surface area contributed by atoms with Gasteiger partial charge in [-0.3, -0.25) is 9.10 Å². The number of carbonyl (C=O) groups excluding carboxylic acids is 1. The van der Waals surface area contributed by atoms with Crippen molar-refractivity contribution < 1.29 is 21.6 Å². The molecule has 0 unspecified atom stereocenters. The summed E-state index contributed by atoms with van der Waals surface area (Å²) in [6.45, 7) is 4.76. The third kappa shape index (κ3) is 5.24. The van der Waals surface area contributed by atoms with Gasteiger partial charge in [0.15, 0.2) is 0 Å². The molecule has 1 saturated heterocycles. The van der Waals surface area contributed by atoms with Crippen molar-refractivity contribution in [2.75, 3.05) is 37.2 Å². The lowest BCUT2D eigenvalue weighted by Gasteiger charge is -2.26. The van der Waals surface area contributed by atoms with E-state index in [-0.39, 0.29) is 23.8 Å². The molecule has 0 spiro atoms. The number of nitrogens with one attached hydrogen (secondary N) is 1. The van der Waals surface area contributed by atoms with E-state index in [9.17, 15) is 21.6 Å². The number of amides is 1. The number of benzene rings is 1. The summed E-state index contributed by atoms with van der Waals surface area (Å²) in [4.78, 5) is 14.0. The van der Waals surface area contributed by atoms with E-state index in [1.54, 1.807) is 24.8 Å². The molecule has 0 radical (unpaired) electrons. The molecule has 0 bridgehead atoms. The lowest BCUT2D eigenvalue weighted by atomic mass is 10.1. The highest BCUT2D eigenvalue weighted by atomic mass is 32.2. The van der Waals surface area contributed by atoms with Crippen LogP contribution in [0.4, 0.5) is 5.69 Å². The Bertz CT molecular complexity index is 936.